The minimum atomic E-state index is 0.0960. The van der Waals surface area contributed by atoms with Crippen molar-refractivity contribution in [2.24, 2.45) is 5.92 Å². The van der Waals surface area contributed by atoms with Crippen molar-refractivity contribution >= 4 is 11.0 Å². The molecule has 0 aliphatic heterocycles. The highest BCUT2D eigenvalue weighted by atomic mass is 16.3. The Kier molecular flexibility index (Phi) is 4.77. The molecule has 2 rings (SSSR count). The molecule has 1 unspecified atom stereocenters. The van der Waals surface area contributed by atoms with Crippen molar-refractivity contribution in [3.63, 3.8) is 0 Å². The summed E-state index contributed by atoms with van der Waals surface area (Å²) in [4.78, 5) is 0. The van der Waals surface area contributed by atoms with Gasteiger partial charge in [0, 0.05) is 10.9 Å². The first-order valence-corrected chi connectivity index (χ1v) is 8.11. The van der Waals surface area contributed by atoms with E-state index in [1.807, 2.05) is 0 Å². The maximum atomic E-state index is 6.28. The highest BCUT2D eigenvalue weighted by Gasteiger charge is 2.23. The first-order valence-electron chi connectivity index (χ1n) is 8.11. The zero-order valence-electron chi connectivity index (χ0n) is 14.3. The standard InChI is InChI=1S/C19H29NO/c1-7-11-20-17(13(2)3)16-12-14-9-8-10-15(18(14)21-16)19(4,5)6/h8-10,12-13,17,20H,7,11H2,1-6H3. The van der Waals surface area contributed by atoms with Gasteiger partial charge in [0.1, 0.15) is 11.3 Å². The van der Waals surface area contributed by atoms with E-state index in [1.54, 1.807) is 0 Å². The molecule has 1 N–H and O–H groups in total. The number of nitrogens with one attached hydrogen (secondary N) is 1. The zero-order valence-corrected chi connectivity index (χ0v) is 14.3. The van der Waals surface area contributed by atoms with Gasteiger partial charge in [0.15, 0.2) is 0 Å². The molecule has 0 radical (unpaired) electrons. The third-order valence-corrected chi connectivity index (χ3v) is 3.96. The molecule has 2 nitrogen and oxygen atoms in total. The zero-order chi connectivity index (χ0) is 15.6. The molecule has 0 aliphatic carbocycles. The Morgan fingerprint density at radius 3 is 2.48 bits per heavy atom. The van der Waals surface area contributed by atoms with E-state index >= 15 is 0 Å². The van der Waals surface area contributed by atoms with Crippen molar-refractivity contribution < 1.29 is 4.42 Å². The topological polar surface area (TPSA) is 25.2 Å². The van der Waals surface area contributed by atoms with Gasteiger partial charge in [0.2, 0.25) is 0 Å². The summed E-state index contributed by atoms with van der Waals surface area (Å²) in [5.74, 6) is 1.57. The molecule has 0 saturated carbocycles. The van der Waals surface area contributed by atoms with Gasteiger partial charge in [-0.05, 0) is 30.4 Å². The average molecular weight is 287 g/mol. The second-order valence-electron chi connectivity index (χ2n) is 7.30. The minimum Gasteiger partial charge on any atom is -0.459 e. The Morgan fingerprint density at radius 2 is 1.90 bits per heavy atom. The smallest absolute Gasteiger partial charge is 0.138 e. The van der Waals surface area contributed by atoms with Crippen LogP contribution >= 0.6 is 0 Å². The van der Waals surface area contributed by atoms with E-state index in [-0.39, 0.29) is 11.5 Å². The van der Waals surface area contributed by atoms with Crippen molar-refractivity contribution in [1.82, 2.24) is 5.32 Å². The number of para-hydroxylation sites is 1. The summed E-state index contributed by atoms with van der Waals surface area (Å²) in [6.45, 7) is 14.4. The molecule has 116 valence electrons. The van der Waals surface area contributed by atoms with Crippen LogP contribution in [0.1, 0.15) is 65.3 Å². The molecule has 21 heavy (non-hydrogen) atoms. The highest BCUT2D eigenvalue weighted by Crippen LogP contribution is 2.34. The Labute approximate surface area is 128 Å². The van der Waals surface area contributed by atoms with Gasteiger partial charge in [-0.1, -0.05) is 59.7 Å². The highest BCUT2D eigenvalue weighted by molar-refractivity contribution is 5.82. The monoisotopic (exact) mass is 287 g/mol. The van der Waals surface area contributed by atoms with Crippen LogP contribution in [-0.4, -0.2) is 6.54 Å². The van der Waals surface area contributed by atoms with Crippen molar-refractivity contribution in [3.05, 3.63) is 35.6 Å². The van der Waals surface area contributed by atoms with Crippen LogP contribution in [0.3, 0.4) is 0 Å². The maximum Gasteiger partial charge on any atom is 0.138 e. The lowest BCUT2D eigenvalue weighted by molar-refractivity contribution is 0.350. The molecule has 0 aliphatic rings. The van der Waals surface area contributed by atoms with Crippen LogP contribution in [-0.2, 0) is 5.41 Å². The molecular weight excluding hydrogens is 258 g/mol. The van der Waals surface area contributed by atoms with E-state index in [1.165, 1.54) is 10.9 Å². The molecule has 1 heterocycles. The lowest BCUT2D eigenvalue weighted by Crippen LogP contribution is -2.25. The van der Waals surface area contributed by atoms with Gasteiger partial charge in [-0.15, -0.1) is 0 Å². The van der Waals surface area contributed by atoms with Crippen molar-refractivity contribution in [1.29, 1.82) is 0 Å². The van der Waals surface area contributed by atoms with Crippen LogP contribution in [0.15, 0.2) is 28.7 Å². The number of hydrogen-bond acceptors (Lipinski definition) is 2. The molecule has 1 aromatic carbocycles. The summed E-state index contributed by atoms with van der Waals surface area (Å²) in [5.41, 5.74) is 2.42. The van der Waals surface area contributed by atoms with Crippen molar-refractivity contribution in [3.8, 4) is 0 Å². The number of furan rings is 1. The second-order valence-corrected chi connectivity index (χ2v) is 7.30. The Morgan fingerprint density at radius 1 is 1.19 bits per heavy atom. The van der Waals surface area contributed by atoms with Crippen LogP contribution in [0.2, 0.25) is 0 Å². The Bertz CT molecular complexity index is 589. The van der Waals surface area contributed by atoms with Gasteiger partial charge in [-0.3, -0.25) is 0 Å². The third kappa shape index (κ3) is 3.49. The van der Waals surface area contributed by atoms with Crippen LogP contribution < -0.4 is 5.32 Å². The van der Waals surface area contributed by atoms with Crippen molar-refractivity contribution in [2.45, 2.75) is 59.4 Å². The van der Waals surface area contributed by atoms with Crippen LogP contribution in [0, 0.1) is 5.92 Å². The fraction of sp³-hybridized carbons (Fsp3) is 0.579. The molecule has 1 atom stereocenters. The summed E-state index contributed by atoms with van der Waals surface area (Å²) in [6, 6.07) is 8.95. The fourth-order valence-corrected chi connectivity index (χ4v) is 2.79. The molecule has 0 saturated heterocycles. The van der Waals surface area contributed by atoms with E-state index in [2.05, 4.69) is 71.1 Å². The van der Waals surface area contributed by atoms with Gasteiger partial charge in [-0.2, -0.15) is 0 Å². The van der Waals surface area contributed by atoms with Gasteiger partial charge >= 0.3 is 0 Å². The lowest BCUT2D eigenvalue weighted by Gasteiger charge is -2.20. The van der Waals surface area contributed by atoms with Gasteiger partial charge in [0.25, 0.3) is 0 Å². The van der Waals surface area contributed by atoms with E-state index in [0.29, 0.717) is 5.92 Å². The van der Waals surface area contributed by atoms with E-state index in [4.69, 9.17) is 4.42 Å². The predicted molar refractivity (Wildman–Crippen MR) is 90.8 cm³/mol. The SMILES string of the molecule is CCCNC(c1cc2cccc(C(C)(C)C)c2o1)C(C)C. The minimum absolute atomic E-state index is 0.0960. The van der Waals surface area contributed by atoms with Crippen LogP contribution in [0.25, 0.3) is 11.0 Å². The summed E-state index contributed by atoms with van der Waals surface area (Å²) in [6.07, 6.45) is 1.14. The predicted octanol–water partition coefficient (Wildman–Crippen LogP) is 5.43. The number of fused-ring (bicyclic) bond motifs is 1. The largest absolute Gasteiger partial charge is 0.459 e. The van der Waals surface area contributed by atoms with Gasteiger partial charge in [-0.25, -0.2) is 0 Å². The molecule has 0 fully saturated rings. The second kappa shape index (κ2) is 6.23. The van der Waals surface area contributed by atoms with Crippen molar-refractivity contribution in [2.75, 3.05) is 6.54 Å². The van der Waals surface area contributed by atoms with E-state index in [0.717, 1.165) is 24.3 Å². The number of hydrogen-bond donors (Lipinski definition) is 1. The number of rotatable bonds is 5. The molecule has 0 spiro atoms. The fourth-order valence-electron chi connectivity index (χ4n) is 2.79. The van der Waals surface area contributed by atoms with Gasteiger partial charge in [0.05, 0.1) is 6.04 Å². The Hall–Kier alpha value is -1.28. The number of benzene rings is 1. The van der Waals surface area contributed by atoms with Crippen LogP contribution in [0.5, 0.6) is 0 Å². The summed E-state index contributed by atoms with van der Waals surface area (Å²) < 4.78 is 6.28. The quantitative estimate of drug-likeness (QED) is 0.793. The molecule has 2 heteroatoms. The summed E-state index contributed by atoms with van der Waals surface area (Å²) in [7, 11) is 0. The first-order chi connectivity index (χ1) is 9.84. The molecule has 0 bridgehead atoms. The molecule has 2 aromatic rings. The normalized spacial score (nSPS) is 14.0. The van der Waals surface area contributed by atoms with E-state index < -0.39 is 0 Å². The molecular formula is C19H29NO. The summed E-state index contributed by atoms with van der Waals surface area (Å²) >= 11 is 0. The maximum absolute atomic E-state index is 6.28. The van der Waals surface area contributed by atoms with E-state index in [9.17, 15) is 0 Å². The van der Waals surface area contributed by atoms with Gasteiger partial charge < -0.3 is 9.73 Å². The van der Waals surface area contributed by atoms with Crippen LogP contribution in [0.4, 0.5) is 0 Å². The molecule has 1 aromatic heterocycles. The summed E-state index contributed by atoms with van der Waals surface area (Å²) in [5, 5.41) is 4.82. The third-order valence-electron chi connectivity index (χ3n) is 3.96. The molecule has 0 amide bonds. The Balaban J connectivity index is 2.46. The average Bonchev–Trinajstić information content (AvgIpc) is 2.80. The first kappa shape index (κ1) is 16.1. The lowest BCUT2D eigenvalue weighted by atomic mass is 9.86.